The van der Waals surface area contributed by atoms with E-state index in [1.807, 2.05) is 24.3 Å². The lowest BCUT2D eigenvalue weighted by Crippen LogP contribution is -2.14. The summed E-state index contributed by atoms with van der Waals surface area (Å²) >= 11 is 0. The molecule has 0 N–H and O–H groups in total. The Labute approximate surface area is 286 Å². The van der Waals surface area contributed by atoms with Gasteiger partial charge in [-0.1, -0.05) is 166 Å². The van der Waals surface area contributed by atoms with Crippen LogP contribution in [0.5, 0.6) is 0 Å². The highest BCUT2D eigenvalue weighted by Crippen LogP contribution is 2.50. The maximum Gasteiger partial charge on any atom is 0.164 e. The number of hydrogen-bond donors (Lipinski definition) is 0. The highest BCUT2D eigenvalue weighted by molar-refractivity contribution is 6.05. The van der Waals surface area contributed by atoms with Crippen LogP contribution >= 0.6 is 0 Å². The van der Waals surface area contributed by atoms with Crippen LogP contribution in [-0.4, -0.2) is 15.0 Å². The zero-order valence-electron chi connectivity index (χ0n) is 27.4. The van der Waals surface area contributed by atoms with Gasteiger partial charge in [0, 0.05) is 22.1 Å². The van der Waals surface area contributed by atoms with Crippen LogP contribution in [0.4, 0.5) is 0 Å². The molecule has 0 spiro atoms. The van der Waals surface area contributed by atoms with Crippen LogP contribution in [0, 0.1) is 0 Å². The summed E-state index contributed by atoms with van der Waals surface area (Å²) in [7, 11) is 0. The van der Waals surface area contributed by atoms with E-state index >= 15 is 0 Å². The average molecular weight is 628 g/mol. The summed E-state index contributed by atoms with van der Waals surface area (Å²) in [5, 5.41) is 2.28. The normalized spacial score (nSPS) is 12.9. The molecule has 232 valence electrons. The van der Waals surface area contributed by atoms with E-state index < -0.39 is 0 Å². The minimum atomic E-state index is -0.0227. The van der Waals surface area contributed by atoms with Gasteiger partial charge in [0.25, 0.3) is 0 Å². The fraction of sp³-hybridized carbons (Fsp3) is 0.0652. The maximum atomic E-state index is 5.12. The van der Waals surface area contributed by atoms with Crippen molar-refractivity contribution in [1.82, 2.24) is 15.0 Å². The molecule has 1 aromatic heterocycles. The minimum absolute atomic E-state index is 0.0227. The molecule has 0 bridgehead atoms. The monoisotopic (exact) mass is 627 g/mol. The number of benzene rings is 7. The van der Waals surface area contributed by atoms with Crippen molar-refractivity contribution >= 4 is 10.8 Å². The minimum Gasteiger partial charge on any atom is -0.208 e. The van der Waals surface area contributed by atoms with Crippen molar-refractivity contribution in [3.8, 4) is 67.5 Å². The van der Waals surface area contributed by atoms with Crippen molar-refractivity contribution in [1.29, 1.82) is 0 Å². The fourth-order valence-corrected chi connectivity index (χ4v) is 7.42. The highest BCUT2D eigenvalue weighted by atomic mass is 15.0. The Kier molecular flexibility index (Phi) is 6.80. The number of nitrogens with zero attached hydrogens (tertiary/aromatic N) is 3. The van der Waals surface area contributed by atoms with E-state index in [1.165, 1.54) is 44.3 Å². The Morgan fingerprint density at radius 1 is 0.327 bits per heavy atom. The van der Waals surface area contributed by atoms with Crippen LogP contribution in [0.25, 0.3) is 78.3 Å². The molecule has 0 atom stereocenters. The lowest BCUT2D eigenvalue weighted by molar-refractivity contribution is 0.660. The molecule has 0 fully saturated rings. The van der Waals surface area contributed by atoms with E-state index in [2.05, 4.69) is 153 Å². The van der Waals surface area contributed by atoms with E-state index in [4.69, 9.17) is 15.0 Å². The van der Waals surface area contributed by atoms with Crippen LogP contribution in [0.3, 0.4) is 0 Å². The molecular formula is C46H33N3. The van der Waals surface area contributed by atoms with Crippen LogP contribution < -0.4 is 0 Å². The van der Waals surface area contributed by atoms with Gasteiger partial charge in [0.15, 0.2) is 17.5 Å². The second-order valence-corrected chi connectivity index (χ2v) is 13.3. The van der Waals surface area contributed by atoms with E-state index in [-0.39, 0.29) is 5.41 Å². The number of hydrogen-bond acceptors (Lipinski definition) is 3. The molecule has 7 aromatic carbocycles. The van der Waals surface area contributed by atoms with Crippen molar-refractivity contribution in [3.63, 3.8) is 0 Å². The lowest BCUT2D eigenvalue weighted by atomic mass is 9.82. The SMILES string of the molecule is CC1(C)c2ccccc2-c2cc(-c3ccc(-c4nc(-c5ccccc5)nc(-c5ccc(-c6ccccc6)cc5)n4)c4ccccc34)ccc21. The van der Waals surface area contributed by atoms with Crippen LogP contribution in [-0.2, 0) is 5.41 Å². The van der Waals surface area contributed by atoms with Gasteiger partial charge >= 0.3 is 0 Å². The predicted molar refractivity (Wildman–Crippen MR) is 202 cm³/mol. The van der Waals surface area contributed by atoms with Gasteiger partial charge < -0.3 is 0 Å². The van der Waals surface area contributed by atoms with Gasteiger partial charge in [0.2, 0.25) is 0 Å². The molecule has 1 aliphatic carbocycles. The molecular weight excluding hydrogens is 595 g/mol. The first-order chi connectivity index (χ1) is 24.0. The third-order valence-corrected chi connectivity index (χ3v) is 9.98. The summed E-state index contributed by atoms with van der Waals surface area (Å²) in [5.74, 6) is 1.96. The molecule has 0 amide bonds. The van der Waals surface area contributed by atoms with Gasteiger partial charge in [-0.15, -0.1) is 0 Å². The van der Waals surface area contributed by atoms with Gasteiger partial charge in [-0.3, -0.25) is 0 Å². The molecule has 8 aromatic rings. The van der Waals surface area contributed by atoms with Crippen molar-refractivity contribution in [2.45, 2.75) is 19.3 Å². The Morgan fingerprint density at radius 2 is 0.796 bits per heavy atom. The molecule has 0 saturated heterocycles. The lowest BCUT2D eigenvalue weighted by Gasteiger charge is -2.21. The van der Waals surface area contributed by atoms with E-state index in [0.29, 0.717) is 17.5 Å². The smallest absolute Gasteiger partial charge is 0.164 e. The fourth-order valence-electron chi connectivity index (χ4n) is 7.42. The summed E-state index contributed by atoms with van der Waals surface area (Å²) < 4.78 is 0. The zero-order valence-corrected chi connectivity index (χ0v) is 27.4. The molecule has 0 unspecified atom stereocenters. The summed E-state index contributed by atoms with van der Waals surface area (Å²) in [6.45, 7) is 4.65. The molecule has 3 nitrogen and oxygen atoms in total. The Bertz CT molecular complexity index is 2500. The van der Waals surface area contributed by atoms with Gasteiger partial charge in [0.05, 0.1) is 0 Å². The van der Waals surface area contributed by atoms with E-state index in [0.717, 1.165) is 27.6 Å². The van der Waals surface area contributed by atoms with Gasteiger partial charge in [0.1, 0.15) is 0 Å². The Balaban J connectivity index is 1.18. The molecule has 49 heavy (non-hydrogen) atoms. The van der Waals surface area contributed by atoms with Crippen LogP contribution in [0.2, 0.25) is 0 Å². The second kappa shape index (κ2) is 11.5. The van der Waals surface area contributed by atoms with Crippen molar-refractivity contribution in [3.05, 3.63) is 175 Å². The van der Waals surface area contributed by atoms with E-state index in [9.17, 15) is 0 Å². The summed E-state index contributed by atoms with van der Waals surface area (Å²) in [6.07, 6.45) is 0. The molecule has 0 saturated carbocycles. The van der Waals surface area contributed by atoms with Gasteiger partial charge in [-0.05, 0) is 67.4 Å². The Hall–Kier alpha value is -6.19. The second-order valence-electron chi connectivity index (χ2n) is 13.3. The molecule has 1 heterocycles. The average Bonchev–Trinajstić information content (AvgIpc) is 3.40. The number of fused-ring (bicyclic) bond motifs is 4. The summed E-state index contributed by atoms with van der Waals surface area (Å²) in [6, 6.07) is 57.8. The number of aromatic nitrogens is 3. The summed E-state index contributed by atoms with van der Waals surface area (Å²) in [5.41, 5.74) is 13.0. The zero-order chi connectivity index (χ0) is 33.0. The molecule has 0 radical (unpaired) electrons. The molecule has 1 aliphatic rings. The highest BCUT2D eigenvalue weighted by Gasteiger charge is 2.35. The van der Waals surface area contributed by atoms with E-state index in [1.54, 1.807) is 0 Å². The molecule has 3 heteroatoms. The quantitative estimate of drug-likeness (QED) is 0.191. The first-order valence-electron chi connectivity index (χ1n) is 16.8. The van der Waals surface area contributed by atoms with Gasteiger partial charge in [-0.2, -0.15) is 0 Å². The topological polar surface area (TPSA) is 38.7 Å². The first kappa shape index (κ1) is 29.0. The largest absolute Gasteiger partial charge is 0.208 e. The van der Waals surface area contributed by atoms with Crippen LogP contribution in [0.1, 0.15) is 25.0 Å². The Morgan fingerprint density at radius 3 is 1.51 bits per heavy atom. The van der Waals surface area contributed by atoms with Gasteiger partial charge in [-0.25, -0.2) is 15.0 Å². The maximum absolute atomic E-state index is 5.12. The third kappa shape index (κ3) is 4.94. The molecule has 0 aliphatic heterocycles. The first-order valence-corrected chi connectivity index (χ1v) is 16.8. The third-order valence-electron chi connectivity index (χ3n) is 9.98. The standard InChI is InChI=1S/C46H33N3/c1-46(2)41-20-12-11-19-38(41)40-29-34(25-28-42(40)46)35-26-27-39(37-18-10-9-17-36(35)37)45-48-43(32-15-7-4-8-16-32)47-44(49-45)33-23-21-31(22-24-33)30-13-5-3-6-14-30/h3-29H,1-2H3. The van der Waals surface area contributed by atoms with Crippen molar-refractivity contribution < 1.29 is 0 Å². The van der Waals surface area contributed by atoms with Crippen molar-refractivity contribution in [2.24, 2.45) is 0 Å². The van der Waals surface area contributed by atoms with Crippen LogP contribution in [0.15, 0.2) is 164 Å². The number of rotatable bonds is 5. The van der Waals surface area contributed by atoms with Crippen molar-refractivity contribution in [2.75, 3.05) is 0 Å². The molecule has 9 rings (SSSR count). The summed E-state index contributed by atoms with van der Waals surface area (Å²) in [4.78, 5) is 15.2. The predicted octanol–water partition coefficient (Wildman–Crippen LogP) is 11.7.